The quantitative estimate of drug-likeness (QED) is 0.396. The number of hydrogen-bond donors (Lipinski definition) is 1. The monoisotopic (exact) mass is 318 g/mol. The SMILES string of the molecule is COc1cccc(OC)c1C(=O)O/N=C(\N)c1ccc(F)cc1. The second-order valence-electron chi connectivity index (χ2n) is 4.40. The largest absolute Gasteiger partial charge is 0.496 e. The molecule has 2 N–H and O–H groups in total. The summed E-state index contributed by atoms with van der Waals surface area (Å²) in [4.78, 5) is 17.0. The van der Waals surface area contributed by atoms with Crippen molar-refractivity contribution < 1.29 is 23.5 Å². The number of rotatable bonds is 5. The van der Waals surface area contributed by atoms with Crippen molar-refractivity contribution in [2.75, 3.05) is 14.2 Å². The Morgan fingerprint density at radius 1 is 1.04 bits per heavy atom. The van der Waals surface area contributed by atoms with E-state index in [4.69, 9.17) is 20.0 Å². The Bertz CT molecular complexity index is 707. The van der Waals surface area contributed by atoms with Crippen molar-refractivity contribution in [2.45, 2.75) is 0 Å². The number of halogens is 1. The lowest BCUT2D eigenvalue weighted by Crippen LogP contribution is -2.15. The van der Waals surface area contributed by atoms with Crippen LogP contribution >= 0.6 is 0 Å². The predicted octanol–water partition coefficient (Wildman–Crippen LogP) is 2.32. The van der Waals surface area contributed by atoms with Crippen LogP contribution < -0.4 is 15.2 Å². The van der Waals surface area contributed by atoms with Crippen LogP contribution in [0.4, 0.5) is 4.39 Å². The lowest BCUT2D eigenvalue weighted by atomic mass is 10.2. The van der Waals surface area contributed by atoms with Crippen molar-refractivity contribution in [3.8, 4) is 11.5 Å². The Morgan fingerprint density at radius 3 is 2.13 bits per heavy atom. The summed E-state index contributed by atoms with van der Waals surface area (Å²) < 4.78 is 23.1. The maximum atomic E-state index is 12.9. The minimum atomic E-state index is -0.788. The highest BCUT2D eigenvalue weighted by atomic mass is 19.1. The number of nitrogens with zero attached hydrogens (tertiary/aromatic N) is 1. The number of nitrogens with two attached hydrogens (primary N) is 1. The molecule has 6 nitrogen and oxygen atoms in total. The number of oxime groups is 1. The molecule has 0 unspecified atom stereocenters. The van der Waals surface area contributed by atoms with E-state index in [1.54, 1.807) is 18.2 Å². The number of hydrogen-bond acceptors (Lipinski definition) is 5. The van der Waals surface area contributed by atoms with E-state index in [0.717, 1.165) is 0 Å². The van der Waals surface area contributed by atoms with Gasteiger partial charge in [0.1, 0.15) is 22.9 Å². The topological polar surface area (TPSA) is 83.1 Å². The second kappa shape index (κ2) is 7.26. The molecule has 2 aromatic rings. The molecule has 0 spiro atoms. The number of methoxy groups -OCH3 is 2. The van der Waals surface area contributed by atoms with Crippen LogP contribution in [0.3, 0.4) is 0 Å². The van der Waals surface area contributed by atoms with Gasteiger partial charge in [-0.05, 0) is 36.4 Å². The van der Waals surface area contributed by atoms with Gasteiger partial charge in [0.15, 0.2) is 5.84 Å². The van der Waals surface area contributed by atoms with E-state index in [-0.39, 0.29) is 22.9 Å². The van der Waals surface area contributed by atoms with Crippen molar-refractivity contribution >= 4 is 11.8 Å². The Balaban J connectivity index is 2.22. The maximum absolute atomic E-state index is 12.9. The number of benzene rings is 2. The van der Waals surface area contributed by atoms with Crippen LogP contribution in [0.2, 0.25) is 0 Å². The normalized spacial score (nSPS) is 11.0. The number of carbonyl (C=O) groups is 1. The molecule has 0 aliphatic heterocycles. The van der Waals surface area contributed by atoms with Crippen LogP contribution in [0, 0.1) is 5.82 Å². The lowest BCUT2D eigenvalue weighted by molar-refractivity contribution is 0.0508. The van der Waals surface area contributed by atoms with Gasteiger partial charge in [0, 0.05) is 5.56 Å². The van der Waals surface area contributed by atoms with Crippen LogP contribution in [0.5, 0.6) is 11.5 Å². The average molecular weight is 318 g/mol. The molecule has 23 heavy (non-hydrogen) atoms. The highest BCUT2D eigenvalue weighted by Crippen LogP contribution is 2.28. The van der Waals surface area contributed by atoms with Gasteiger partial charge in [-0.15, -0.1) is 0 Å². The molecule has 0 fully saturated rings. The third-order valence-electron chi connectivity index (χ3n) is 3.00. The third-order valence-corrected chi connectivity index (χ3v) is 3.00. The van der Waals surface area contributed by atoms with E-state index in [2.05, 4.69) is 5.16 Å². The first-order valence-corrected chi connectivity index (χ1v) is 6.58. The molecule has 0 saturated carbocycles. The fraction of sp³-hybridized carbons (Fsp3) is 0.125. The van der Waals surface area contributed by atoms with E-state index in [1.807, 2.05) is 0 Å². The standard InChI is InChI=1S/C16H15FN2O4/c1-21-12-4-3-5-13(22-2)14(12)16(20)23-19-15(18)10-6-8-11(17)9-7-10/h3-9H,1-2H3,(H2,18,19). The molecule has 0 atom stereocenters. The maximum Gasteiger partial charge on any atom is 0.373 e. The average Bonchev–Trinajstić information content (AvgIpc) is 2.59. The molecule has 2 rings (SSSR count). The number of carbonyl (C=O) groups excluding carboxylic acids is 1. The first kappa shape index (κ1) is 16.3. The van der Waals surface area contributed by atoms with Crippen molar-refractivity contribution in [2.24, 2.45) is 10.9 Å². The van der Waals surface area contributed by atoms with Gasteiger partial charge in [-0.2, -0.15) is 0 Å². The summed E-state index contributed by atoms with van der Waals surface area (Å²) >= 11 is 0. The molecule has 0 aliphatic carbocycles. The lowest BCUT2D eigenvalue weighted by Gasteiger charge is -2.10. The number of ether oxygens (including phenoxy) is 2. The highest BCUT2D eigenvalue weighted by Gasteiger charge is 2.20. The van der Waals surface area contributed by atoms with Gasteiger partial charge >= 0.3 is 5.97 Å². The van der Waals surface area contributed by atoms with Crippen molar-refractivity contribution in [3.05, 3.63) is 59.4 Å². The summed E-state index contributed by atoms with van der Waals surface area (Å²) in [7, 11) is 2.84. The Hall–Kier alpha value is -3.09. The van der Waals surface area contributed by atoms with Gasteiger partial charge < -0.3 is 20.0 Å². The molecule has 0 radical (unpaired) electrons. The van der Waals surface area contributed by atoms with E-state index in [1.165, 1.54) is 38.5 Å². The van der Waals surface area contributed by atoms with Crippen LogP contribution in [0.1, 0.15) is 15.9 Å². The Kier molecular flexibility index (Phi) is 5.14. The first-order valence-electron chi connectivity index (χ1n) is 6.58. The third kappa shape index (κ3) is 3.76. The van der Waals surface area contributed by atoms with E-state index in [9.17, 15) is 9.18 Å². The molecule has 2 aromatic carbocycles. The smallest absolute Gasteiger partial charge is 0.373 e. The van der Waals surface area contributed by atoms with E-state index in [0.29, 0.717) is 5.56 Å². The second-order valence-corrected chi connectivity index (χ2v) is 4.40. The fourth-order valence-corrected chi connectivity index (χ4v) is 1.86. The zero-order valence-corrected chi connectivity index (χ0v) is 12.6. The van der Waals surface area contributed by atoms with Crippen LogP contribution in [0.25, 0.3) is 0 Å². The van der Waals surface area contributed by atoms with Gasteiger partial charge in [-0.25, -0.2) is 9.18 Å². The van der Waals surface area contributed by atoms with E-state index >= 15 is 0 Å². The Labute approximate surface area is 132 Å². The molecular weight excluding hydrogens is 303 g/mol. The van der Waals surface area contributed by atoms with Crippen LogP contribution in [-0.4, -0.2) is 26.0 Å². The van der Waals surface area contributed by atoms with E-state index < -0.39 is 11.8 Å². The van der Waals surface area contributed by atoms with Gasteiger partial charge in [-0.3, -0.25) is 0 Å². The molecule has 7 heteroatoms. The summed E-state index contributed by atoms with van der Waals surface area (Å²) in [5.74, 6) is -0.691. The van der Waals surface area contributed by atoms with Crippen molar-refractivity contribution in [3.63, 3.8) is 0 Å². The zero-order chi connectivity index (χ0) is 16.8. The molecule has 120 valence electrons. The molecule has 0 amide bonds. The molecule has 0 heterocycles. The van der Waals surface area contributed by atoms with Crippen molar-refractivity contribution in [1.29, 1.82) is 0 Å². The number of amidine groups is 1. The summed E-state index contributed by atoms with van der Waals surface area (Å²) in [6.07, 6.45) is 0. The van der Waals surface area contributed by atoms with Gasteiger partial charge in [-0.1, -0.05) is 11.2 Å². The van der Waals surface area contributed by atoms with Gasteiger partial charge in [0.05, 0.1) is 14.2 Å². The Morgan fingerprint density at radius 2 is 1.61 bits per heavy atom. The van der Waals surface area contributed by atoms with Gasteiger partial charge in [0.2, 0.25) is 0 Å². The van der Waals surface area contributed by atoms with Crippen LogP contribution in [-0.2, 0) is 4.84 Å². The molecular formula is C16H15FN2O4. The summed E-state index contributed by atoms with van der Waals surface area (Å²) in [5, 5.41) is 3.56. The minimum Gasteiger partial charge on any atom is -0.496 e. The van der Waals surface area contributed by atoms with Crippen molar-refractivity contribution in [1.82, 2.24) is 0 Å². The fourth-order valence-electron chi connectivity index (χ4n) is 1.86. The zero-order valence-electron chi connectivity index (χ0n) is 12.6. The molecule has 0 bridgehead atoms. The van der Waals surface area contributed by atoms with Gasteiger partial charge in [0.25, 0.3) is 0 Å². The van der Waals surface area contributed by atoms with Crippen LogP contribution in [0.15, 0.2) is 47.6 Å². The minimum absolute atomic E-state index is 0.0628. The molecule has 0 aromatic heterocycles. The highest BCUT2D eigenvalue weighted by molar-refractivity contribution is 5.99. The summed E-state index contributed by atoms with van der Waals surface area (Å²) in [6.45, 7) is 0. The molecule has 0 aliphatic rings. The summed E-state index contributed by atoms with van der Waals surface area (Å²) in [6, 6.07) is 10.1. The predicted molar refractivity (Wildman–Crippen MR) is 82.1 cm³/mol. The molecule has 0 saturated heterocycles. The first-order chi connectivity index (χ1) is 11.1. The summed E-state index contributed by atoms with van der Waals surface area (Å²) in [5.41, 5.74) is 6.21.